The SMILES string of the molecule is Nc1cccc(Cl)c1-c1nnnn1C1CCCC1. The molecule has 1 fully saturated rings. The quantitative estimate of drug-likeness (QED) is 0.846. The predicted octanol–water partition coefficient (Wildman–Crippen LogP) is 2.69. The number of benzene rings is 1. The summed E-state index contributed by atoms with van der Waals surface area (Å²) in [7, 11) is 0. The number of tetrazole rings is 1. The molecule has 0 spiro atoms. The molecule has 1 aromatic carbocycles. The molecular weight excluding hydrogens is 250 g/mol. The summed E-state index contributed by atoms with van der Waals surface area (Å²) in [4.78, 5) is 0. The van der Waals surface area contributed by atoms with Gasteiger partial charge in [0.1, 0.15) is 0 Å². The zero-order chi connectivity index (χ0) is 12.5. The predicted molar refractivity (Wildman–Crippen MR) is 70.2 cm³/mol. The lowest BCUT2D eigenvalue weighted by Gasteiger charge is -2.13. The Morgan fingerprint density at radius 1 is 1.28 bits per heavy atom. The molecule has 0 atom stereocenters. The summed E-state index contributed by atoms with van der Waals surface area (Å²) in [6.07, 6.45) is 4.68. The van der Waals surface area contributed by atoms with Gasteiger partial charge in [0.25, 0.3) is 0 Å². The van der Waals surface area contributed by atoms with Crippen molar-refractivity contribution in [2.45, 2.75) is 31.7 Å². The van der Waals surface area contributed by atoms with Gasteiger partial charge in [-0.15, -0.1) is 5.10 Å². The van der Waals surface area contributed by atoms with E-state index in [-0.39, 0.29) is 0 Å². The van der Waals surface area contributed by atoms with Crippen LogP contribution < -0.4 is 5.73 Å². The van der Waals surface area contributed by atoms with E-state index in [1.54, 1.807) is 6.07 Å². The fraction of sp³-hybridized carbons (Fsp3) is 0.417. The van der Waals surface area contributed by atoms with Gasteiger partial charge in [-0.2, -0.15) is 0 Å². The van der Waals surface area contributed by atoms with Crippen molar-refractivity contribution in [1.29, 1.82) is 0 Å². The van der Waals surface area contributed by atoms with Crippen molar-refractivity contribution in [2.75, 3.05) is 5.73 Å². The van der Waals surface area contributed by atoms with Crippen molar-refractivity contribution in [3.05, 3.63) is 23.2 Å². The van der Waals surface area contributed by atoms with Crippen LogP contribution in [0.3, 0.4) is 0 Å². The Balaban J connectivity index is 2.09. The van der Waals surface area contributed by atoms with E-state index >= 15 is 0 Å². The van der Waals surface area contributed by atoms with Gasteiger partial charge in [-0.3, -0.25) is 0 Å². The first kappa shape index (κ1) is 11.5. The van der Waals surface area contributed by atoms with Crippen LogP contribution in [0.15, 0.2) is 18.2 Å². The average molecular weight is 264 g/mol. The summed E-state index contributed by atoms with van der Waals surface area (Å²) in [5.74, 6) is 0.671. The van der Waals surface area contributed by atoms with Gasteiger partial charge in [-0.05, 0) is 35.4 Å². The molecule has 1 aliphatic carbocycles. The van der Waals surface area contributed by atoms with Crippen molar-refractivity contribution >= 4 is 17.3 Å². The zero-order valence-electron chi connectivity index (χ0n) is 9.88. The van der Waals surface area contributed by atoms with E-state index in [2.05, 4.69) is 15.5 Å². The number of aromatic nitrogens is 4. The van der Waals surface area contributed by atoms with Crippen molar-refractivity contribution in [3.8, 4) is 11.4 Å². The minimum atomic E-state index is 0.366. The smallest absolute Gasteiger partial charge is 0.185 e. The van der Waals surface area contributed by atoms with Crippen LogP contribution in [0.5, 0.6) is 0 Å². The molecule has 3 rings (SSSR count). The first-order valence-corrected chi connectivity index (χ1v) is 6.47. The number of halogens is 1. The van der Waals surface area contributed by atoms with E-state index in [0.717, 1.165) is 18.4 Å². The summed E-state index contributed by atoms with van der Waals surface area (Å²) in [5.41, 5.74) is 7.33. The molecule has 0 bridgehead atoms. The minimum absolute atomic E-state index is 0.366. The second-order valence-corrected chi connectivity index (χ2v) is 5.00. The normalized spacial score (nSPS) is 16.3. The van der Waals surface area contributed by atoms with Gasteiger partial charge >= 0.3 is 0 Å². The molecular formula is C12H14ClN5. The minimum Gasteiger partial charge on any atom is -0.398 e. The molecule has 2 N–H and O–H groups in total. The molecule has 5 nitrogen and oxygen atoms in total. The Bertz CT molecular complexity index is 539. The molecule has 18 heavy (non-hydrogen) atoms. The highest BCUT2D eigenvalue weighted by atomic mass is 35.5. The zero-order valence-corrected chi connectivity index (χ0v) is 10.6. The van der Waals surface area contributed by atoms with Crippen LogP contribution in [0.4, 0.5) is 5.69 Å². The maximum absolute atomic E-state index is 6.21. The van der Waals surface area contributed by atoms with E-state index in [9.17, 15) is 0 Å². The Morgan fingerprint density at radius 2 is 2.06 bits per heavy atom. The molecule has 0 saturated heterocycles. The number of nitrogens with two attached hydrogens (primary N) is 1. The number of anilines is 1. The Hall–Kier alpha value is -1.62. The molecule has 6 heteroatoms. The Kier molecular flexibility index (Phi) is 2.91. The fourth-order valence-corrected chi connectivity index (χ4v) is 2.80. The molecule has 2 aromatic rings. The maximum atomic E-state index is 6.21. The molecule has 0 amide bonds. The molecule has 1 aromatic heterocycles. The van der Waals surface area contributed by atoms with Crippen molar-refractivity contribution in [1.82, 2.24) is 20.2 Å². The highest BCUT2D eigenvalue weighted by molar-refractivity contribution is 6.33. The van der Waals surface area contributed by atoms with Gasteiger partial charge in [0.05, 0.1) is 16.6 Å². The number of nitrogen functional groups attached to an aromatic ring is 1. The van der Waals surface area contributed by atoms with Crippen LogP contribution in [-0.2, 0) is 0 Å². The van der Waals surface area contributed by atoms with Crippen LogP contribution in [0.1, 0.15) is 31.7 Å². The van der Waals surface area contributed by atoms with Gasteiger partial charge in [-0.25, -0.2) is 4.68 Å². The molecule has 0 aliphatic heterocycles. The summed E-state index contributed by atoms with van der Waals surface area (Å²) >= 11 is 6.21. The summed E-state index contributed by atoms with van der Waals surface area (Å²) < 4.78 is 1.87. The monoisotopic (exact) mass is 263 g/mol. The van der Waals surface area contributed by atoms with Gasteiger partial charge < -0.3 is 5.73 Å². The summed E-state index contributed by atoms with van der Waals surface area (Å²) in [6, 6.07) is 5.81. The third-order valence-corrected chi connectivity index (χ3v) is 3.75. The fourth-order valence-electron chi connectivity index (χ4n) is 2.53. The van der Waals surface area contributed by atoms with Crippen LogP contribution in [0, 0.1) is 0 Å². The van der Waals surface area contributed by atoms with Crippen LogP contribution in [0.2, 0.25) is 5.02 Å². The molecule has 1 heterocycles. The average Bonchev–Trinajstić information content (AvgIpc) is 2.98. The van der Waals surface area contributed by atoms with E-state index in [0.29, 0.717) is 22.6 Å². The maximum Gasteiger partial charge on any atom is 0.185 e. The van der Waals surface area contributed by atoms with Gasteiger partial charge in [0.15, 0.2) is 5.82 Å². The lowest BCUT2D eigenvalue weighted by molar-refractivity contribution is 0.458. The van der Waals surface area contributed by atoms with Gasteiger partial charge in [0, 0.05) is 5.69 Å². The number of hydrogen-bond acceptors (Lipinski definition) is 4. The van der Waals surface area contributed by atoms with E-state index in [1.807, 2.05) is 16.8 Å². The van der Waals surface area contributed by atoms with Crippen LogP contribution in [-0.4, -0.2) is 20.2 Å². The van der Waals surface area contributed by atoms with Crippen molar-refractivity contribution < 1.29 is 0 Å². The van der Waals surface area contributed by atoms with Gasteiger partial charge in [-0.1, -0.05) is 30.5 Å². The number of nitrogens with zero attached hydrogens (tertiary/aromatic N) is 4. The van der Waals surface area contributed by atoms with Crippen LogP contribution in [0.25, 0.3) is 11.4 Å². The lowest BCUT2D eigenvalue weighted by Crippen LogP contribution is -2.09. The number of hydrogen-bond donors (Lipinski definition) is 1. The molecule has 1 saturated carbocycles. The Labute approximate surface area is 110 Å². The molecule has 94 valence electrons. The van der Waals surface area contributed by atoms with Crippen molar-refractivity contribution in [3.63, 3.8) is 0 Å². The third-order valence-electron chi connectivity index (χ3n) is 3.43. The first-order valence-electron chi connectivity index (χ1n) is 6.09. The van der Waals surface area contributed by atoms with E-state index in [1.165, 1.54) is 12.8 Å². The third kappa shape index (κ3) is 1.84. The summed E-state index contributed by atoms with van der Waals surface area (Å²) in [6.45, 7) is 0. The number of rotatable bonds is 2. The second-order valence-electron chi connectivity index (χ2n) is 4.59. The van der Waals surface area contributed by atoms with Gasteiger partial charge in [0.2, 0.25) is 0 Å². The van der Waals surface area contributed by atoms with E-state index < -0.39 is 0 Å². The van der Waals surface area contributed by atoms with Crippen LogP contribution >= 0.6 is 11.6 Å². The first-order chi connectivity index (χ1) is 8.77. The standard InChI is InChI=1S/C12H14ClN5/c13-9-6-3-7-10(14)11(9)12-15-16-17-18(12)8-4-1-2-5-8/h3,6-8H,1-2,4-5,14H2. The largest absolute Gasteiger partial charge is 0.398 e. The highest BCUT2D eigenvalue weighted by Gasteiger charge is 2.24. The Morgan fingerprint density at radius 3 is 2.78 bits per heavy atom. The molecule has 0 radical (unpaired) electrons. The highest BCUT2D eigenvalue weighted by Crippen LogP contribution is 2.36. The van der Waals surface area contributed by atoms with E-state index in [4.69, 9.17) is 17.3 Å². The molecule has 1 aliphatic rings. The molecule has 0 unspecified atom stereocenters. The lowest BCUT2D eigenvalue weighted by atomic mass is 10.1. The van der Waals surface area contributed by atoms with Crippen molar-refractivity contribution in [2.24, 2.45) is 0 Å². The topological polar surface area (TPSA) is 69.6 Å². The second kappa shape index (κ2) is 4.57. The summed E-state index contributed by atoms with van der Waals surface area (Å²) in [5, 5.41) is 12.5.